The highest BCUT2D eigenvalue weighted by Gasteiger charge is 2.43. The number of aliphatic carboxylic acids is 1. The maximum atomic E-state index is 11.5. The van der Waals surface area contributed by atoms with Crippen LogP contribution in [0.25, 0.3) is 10.9 Å². The number of carboxylic acid groups (broad SMARTS) is 1. The third-order valence-corrected chi connectivity index (χ3v) is 5.50. The van der Waals surface area contributed by atoms with Crippen molar-refractivity contribution < 1.29 is 14.6 Å². The van der Waals surface area contributed by atoms with Crippen molar-refractivity contribution in [3.8, 4) is 0 Å². The van der Waals surface area contributed by atoms with Gasteiger partial charge in [0, 0.05) is 16.8 Å². The molecule has 0 bridgehead atoms. The summed E-state index contributed by atoms with van der Waals surface area (Å²) in [5, 5.41) is 10.6. The molecule has 1 aliphatic rings. The number of carboxylic acids is 1. The van der Waals surface area contributed by atoms with E-state index < -0.39 is 11.6 Å². The molecule has 0 amide bonds. The molecule has 26 heavy (non-hydrogen) atoms. The maximum Gasteiger partial charge on any atom is 0.306 e. The van der Waals surface area contributed by atoms with Crippen molar-refractivity contribution in [2.45, 2.75) is 37.7 Å². The molecule has 2 aromatic carbocycles. The van der Waals surface area contributed by atoms with Crippen LogP contribution in [0.3, 0.4) is 0 Å². The summed E-state index contributed by atoms with van der Waals surface area (Å²) in [5.41, 5.74) is 3.69. The molecular weight excluding hydrogens is 326 g/mol. The van der Waals surface area contributed by atoms with E-state index >= 15 is 0 Å². The number of carbonyl (C=O) groups is 1. The van der Waals surface area contributed by atoms with Crippen LogP contribution in [-0.2, 0) is 21.6 Å². The van der Waals surface area contributed by atoms with Crippen LogP contribution in [0.15, 0.2) is 54.6 Å². The molecule has 0 saturated carbocycles. The Balaban J connectivity index is 1.85. The van der Waals surface area contributed by atoms with E-state index in [1.165, 1.54) is 16.5 Å². The Morgan fingerprint density at radius 1 is 1.19 bits per heavy atom. The molecule has 3 aromatic rings. The van der Waals surface area contributed by atoms with Gasteiger partial charge in [0.05, 0.1) is 18.7 Å². The molecule has 4 rings (SSSR count). The minimum Gasteiger partial charge on any atom is -0.481 e. The zero-order valence-electron chi connectivity index (χ0n) is 14.9. The number of aromatic nitrogens is 1. The topological polar surface area (TPSA) is 62.3 Å². The Morgan fingerprint density at radius 3 is 2.65 bits per heavy atom. The number of ether oxygens (including phenoxy) is 1. The van der Waals surface area contributed by atoms with Gasteiger partial charge in [-0.3, -0.25) is 4.79 Å². The van der Waals surface area contributed by atoms with Crippen LogP contribution in [0.5, 0.6) is 0 Å². The smallest absolute Gasteiger partial charge is 0.306 e. The molecule has 1 aromatic heterocycles. The van der Waals surface area contributed by atoms with E-state index in [4.69, 9.17) is 4.74 Å². The van der Waals surface area contributed by atoms with E-state index in [0.717, 1.165) is 17.6 Å². The molecular formula is C22H23NO3. The van der Waals surface area contributed by atoms with Crippen molar-refractivity contribution >= 4 is 16.9 Å². The largest absolute Gasteiger partial charge is 0.481 e. The predicted molar refractivity (Wildman–Crippen MR) is 101 cm³/mol. The van der Waals surface area contributed by atoms with E-state index in [2.05, 4.69) is 41.4 Å². The molecule has 2 atom stereocenters. The van der Waals surface area contributed by atoms with Crippen molar-refractivity contribution in [2.75, 3.05) is 6.61 Å². The number of hydrogen-bond acceptors (Lipinski definition) is 2. The van der Waals surface area contributed by atoms with Gasteiger partial charge in [-0.05, 0) is 30.0 Å². The fraction of sp³-hybridized carbons (Fsp3) is 0.318. The normalized spacial score (nSPS) is 22.3. The summed E-state index contributed by atoms with van der Waals surface area (Å²) in [4.78, 5) is 15.0. The van der Waals surface area contributed by atoms with Crippen molar-refractivity contribution in [1.82, 2.24) is 4.98 Å². The van der Waals surface area contributed by atoms with Gasteiger partial charge in [0.25, 0.3) is 0 Å². The summed E-state index contributed by atoms with van der Waals surface area (Å²) >= 11 is 0. The summed E-state index contributed by atoms with van der Waals surface area (Å²) in [7, 11) is 0. The Kier molecular flexibility index (Phi) is 4.29. The second-order valence-electron chi connectivity index (χ2n) is 7.08. The van der Waals surface area contributed by atoms with Gasteiger partial charge in [0.15, 0.2) is 0 Å². The molecule has 2 heterocycles. The molecule has 0 spiro atoms. The summed E-state index contributed by atoms with van der Waals surface area (Å²) in [6.07, 6.45) is 1.47. The van der Waals surface area contributed by atoms with E-state index in [0.29, 0.717) is 13.0 Å². The molecule has 0 radical (unpaired) electrons. The molecule has 0 aliphatic carbocycles. The molecule has 2 N–H and O–H groups in total. The van der Waals surface area contributed by atoms with Gasteiger partial charge in [0.1, 0.15) is 5.60 Å². The third kappa shape index (κ3) is 2.80. The van der Waals surface area contributed by atoms with Gasteiger partial charge in [-0.2, -0.15) is 0 Å². The number of hydrogen-bond donors (Lipinski definition) is 2. The fourth-order valence-electron chi connectivity index (χ4n) is 4.21. The van der Waals surface area contributed by atoms with Gasteiger partial charge in [-0.15, -0.1) is 0 Å². The number of rotatable bonds is 5. The van der Waals surface area contributed by atoms with Gasteiger partial charge in [-0.25, -0.2) is 0 Å². The average molecular weight is 349 g/mol. The van der Waals surface area contributed by atoms with Crippen LogP contribution >= 0.6 is 0 Å². The van der Waals surface area contributed by atoms with Crippen LogP contribution in [0.2, 0.25) is 0 Å². The lowest BCUT2D eigenvalue weighted by Gasteiger charge is -2.39. The van der Waals surface area contributed by atoms with Crippen LogP contribution in [0.1, 0.15) is 42.5 Å². The summed E-state index contributed by atoms with van der Waals surface area (Å²) in [6, 6.07) is 18.6. The Labute approximate surface area is 152 Å². The Morgan fingerprint density at radius 2 is 1.92 bits per heavy atom. The van der Waals surface area contributed by atoms with Crippen molar-refractivity contribution in [3.63, 3.8) is 0 Å². The highest BCUT2D eigenvalue weighted by atomic mass is 16.5. The first kappa shape index (κ1) is 16.9. The Bertz CT molecular complexity index is 931. The summed E-state index contributed by atoms with van der Waals surface area (Å²) < 4.78 is 6.25. The summed E-state index contributed by atoms with van der Waals surface area (Å²) in [6.45, 7) is 2.53. The van der Waals surface area contributed by atoms with Gasteiger partial charge < -0.3 is 14.8 Å². The molecule has 1 aliphatic heterocycles. The van der Waals surface area contributed by atoms with Crippen molar-refractivity contribution in [3.05, 3.63) is 71.4 Å². The first-order valence-electron chi connectivity index (χ1n) is 9.14. The van der Waals surface area contributed by atoms with E-state index in [1.807, 2.05) is 25.1 Å². The second kappa shape index (κ2) is 6.61. The van der Waals surface area contributed by atoms with E-state index in [-0.39, 0.29) is 12.3 Å². The summed E-state index contributed by atoms with van der Waals surface area (Å²) in [5.74, 6) is -0.630. The van der Waals surface area contributed by atoms with E-state index in [1.54, 1.807) is 0 Å². The fourth-order valence-corrected chi connectivity index (χ4v) is 4.21. The molecule has 0 unspecified atom stereocenters. The zero-order chi connectivity index (χ0) is 18.1. The first-order valence-corrected chi connectivity index (χ1v) is 9.14. The lowest BCUT2D eigenvalue weighted by molar-refractivity contribution is -0.149. The molecule has 4 heteroatoms. The second-order valence-corrected chi connectivity index (χ2v) is 7.08. The van der Waals surface area contributed by atoms with Gasteiger partial charge in [-0.1, -0.05) is 55.5 Å². The zero-order valence-corrected chi connectivity index (χ0v) is 14.9. The average Bonchev–Trinajstić information content (AvgIpc) is 3.05. The van der Waals surface area contributed by atoms with Gasteiger partial charge in [0.2, 0.25) is 0 Å². The minimum absolute atomic E-state index is 0.0264. The monoisotopic (exact) mass is 349 g/mol. The number of aromatic amines is 1. The SMILES string of the molecule is CC[C@@]1(CC(=O)O)OC[C@H](Cc2ccccc2)c2c1[nH]c1ccccc21. The predicted octanol–water partition coefficient (Wildman–Crippen LogP) is 4.60. The number of H-pyrrole nitrogens is 1. The number of para-hydroxylation sites is 1. The van der Waals surface area contributed by atoms with Crippen LogP contribution in [-0.4, -0.2) is 22.7 Å². The van der Waals surface area contributed by atoms with E-state index in [9.17, 15) is 9.90 Å². The minimum atomic E-state index is -0.835. The lowest BCUT2D eigenvalue weighted by Crippen LogP contribution is -2.39. The Hall–Kier alpha value is -2.59. The molecule has 0 fully saturated rings. The number of fused-ring (bicyclic) bond motifs is 3. The van der Waals surface area contributed by atoms with Crippen LogP contribution in [0, 0.1) is 0 Å². The van der Waals surface area contributed by atoms with Gasteiger partial charge >= 0.3 is 5.97 Å². The van der Waals surface area contributed by atoms with Crippen LogP contribution in [0.4, 0.5) is 0 Å². The highest BCUT2D eigenvalue weighted by molar-refractivity contribution is 5.86. The standard InChI is InChI=1S/C22H23NO3/c1-2-22(13-19(24)25)21-20(17-10-6-7-11-18(17)23-21)16(14-26-22)12-15-8-4-3-5-9-15/h3-11,16,23H,2,12-14H2,1H3,(H,24,25)/t16-,22-/m0/s1. The number of nitrogens with one attached hydrogen (secondary N) is 1. The van der Waals surface area contributed by atoms with Crippen LogP contribution < -0.4 is 0 Å². The lowest BCUT2D eigenvalue weighted by atomic mass is 9.80. The molecule has 134 valence electrons. The highest BCUT2D eigenvalue weighted by Crippen LogP contribution is 2.46. The quantitative estimate of drug-likeness (QED) is 0.707. The third-order valence-electron chi connectivity index (χ3n) is 5.50. The first-order chi connectivity index (χ1) is 12.6. The maximum absolute atomic E-state index is 11.5. The van der Waals surface area contributed by atoms with Crippen molar-refractivity contribution in [2.24, 2.45) is 0 Å². The van der Waals surface area contributed by atoms with Crippen molar-refractivity contribution in [1.29, 1.82) is 0 Å². The number of benzene rings is 2. The molecule has 0 saturated heterocycles. The molecule has 4 nitrogen and oxygen atoms in total.